The molecule has 0 radical (unpaired) electrons. The lowest BCUT2D eigenvalue weighted by Crippen LogP contribution is -2.38. The van der Waals surface area contributed by atoms with Crippen LogP contribution in [0.2, 0.25) is 0 Å². The Morgan fingerprint density at radius 2 is 2.11 bits per heavy atom. The number of piperidine rings is 1. The van der Waals surface area contributed by atoms with Crippen LogP contribution >= 0.6 is 11.8 Å². The molecule has 2 unspecified atom stereocenters. The molecule has 2 aliphatic rings. The molecule has 2 fully saturated rings. The molecule has 18 heavy (non-hydrogen) atoms. The van der Waals surface area contributed by atoms with E-state index in [1.807, 2.05) is 11.8 Å². The molecule has 2 bridgehead atoms. The minimum absolute atomic E-state index is 0.732. The fourth-order valence-electron chi connectivity index (χ4n) is 3.21. The molecule has 2 saturated heterocycles. The predicted octanol–water partition coefficient (Wildman–Crippen LogP) is 2.40. The number of fused-ring (bicyclic) bond motifs is 2. The number of hydrogen-bond donors (Lipinski definition) is 1. The predicted molar refractivity (Wildman–Crippen MR) is 72.5 cm³/mol. The van der Waals surface area contributed by atoms with Gasteiger partial charge in [0.15, 0.2) is 5.82 Å². The van der Waals surface area contributed by atoms with Gasteiger partial charge in [-0.1, -0.05) is 12.1 Å². The van der Waals surface area contributed by atoms with Crippen molar-refractivity contribution in [2.75, 3.05) is 5.75 Å². The zero-order valence-electron chi connectivity index (χ0n) is 10.9. The van der Waals surface area contributed by atoms with Crippen molar-refractivity contribution in [1.82, 2.24) is 15.5 Å². The van der Waals surface area contributed by atoms with Crippen molar-refractivity contribution in [3.8, 4) is 0 Å². The number of thioether (sulfide) groups is 1. The van der Waals surface area contributed by atoms with Crippen molar-refractivity contribution in [3.63, 3.8) is 0 Å². The van der Waals surface area contributed by atoms with Crippen LogP contribution in [0.25, 0.3) is 0 Å². The van der Waals surface area contributed by atoms with Crippen LogP contribution in [0.1, 0.15) is 44.3 Å². The van der Waals surface area contributed by atoms with Gasteiger partial charge in [0.1, 0.15) is 0 Å². The van der Waals surface area contributed by atoms with Gasteiger partial charge in [-0.2, -0.15) is 16.7 Å². The second-order valence-corrected chi connectivity index (χ2v) is 6.70. The van der Waals surface area contributed by atoms with Gasteiger partial charge in [-0.05, 0) is 37.4 Å². The van der Waals surface area contributed by atoms with Crippen LogP contribution < -0.4 is 5.32 Å². The number of hydrogen-bond acceptors (Lipinski definition) is 5. The SMILES string of the molecule is CCSCc1noc(CC2CC3CCC(C2)N3)n1. The third kappa shape index (κ3) is 2.88. The monoisotopic (exact) mass is 267 g/mol. The van der Waals surface area contributed by atoms with E-state index in [2.05, 4.69) is 22.4 Å². The summed E-state index contributed by atoms with van der Waals surface area (Å²) in [7, 11) is 0. The van der Waals surface area contributed by atoms with Crippen molar-refractivity contribution < 1.29 is 4.52 Å². The smallest absolute Gasteiger partial charge is 0.226 e. The first kappa shape index (κ1) is 12.5. The van der Waals surface area contributed by atoms with Crippen molar-refractivity contribution in [2.24, 2.45) is 5.92 Å². The average Bonchev–Trinajstić information content (AvgIpc) is 2.94. The molecule has 0 spiro atoms. The lowest BCUT2D eigenvalue weighted by Gasteiger charge is -2.27. The average molecular weight is 267 g/mol. The summed E-state index contributed by atoms with van der Waals surface area (Å²) in [6.45, 7) is 2.15. The maximum atomic E-state index is 5.36. The van der Waals surface area contributed by atoms with Crippen LogP contribution in [0.4, 0.5) is 0 Å². The molecule has 5 heteroatoms. The topological polar surface area (TPSA) is 51.0 Å². The number of nitrogens with zero attached hydrogens (tertiary/aromatic N) is 2. The summed E-state index contributed by atoms with van der Waals surface area (Å²) in [5.41, 5.74) is 0. The summed E-state index contributed by atoms with van der Waals surface area (Å²) < 4.78 is 5.36. The molecular weight excluding hydrogens is 246 g/mol. The van der Waals surface area contributed by atoms with Crippen LogP contribution in [-0.4, -0.2) is 28.0 Å². The molecule has 3 rings (SSSR count). The Bertz CT molecular complexity index is 383. The summed E-state index contributed by atoms with van der Waals surface area (Å²) in [5.74, 6) is 4.40. The Hall–Kier alpha value is -0.550. The molecule has 0 aromatic carbocycles. The highest BCUT2D eigenvalue weighted by Gasteiger charge is 2.34. The van der Waals surface area contributed by atoms with Gasteiger partial charge >= 0.3 is 0 Å². The van der Waals surface area contributed by atoms with Gasteiger partial charge < -0.3 is 9.84 Å². The van der Waals surface area contributed by atoms with Crippen LogP contribution in [0.5, 0.6) is 0 Å². The first-order valence-corrected chi connectivity index (χ1v) is 8.14. The van der Waals surface area contributed by atoms with E-state index in [0.29, 0.717) is 0 Å². The Kier molecular flexibility index (Phi) is 3.89. The fraction of sp³-hybridized carbons (Fsp3) is 0.846. The summed E-state index contributed by atoms with van der Waals surface area (Å²) in [6, 6.07) is 1.48. The van der Waals surface area contributed by atoms with Crippen LogP contribution in [-0.2, 0) is 12.2 Å². The molecule has 2 atom stereocenters. The Morgan fingerprint density at radius 3 is 2.83 bits per heavy atom. The second kappa shape index (κ2) is 5.61. The summed E-state index contributed by atoms with van der Waals surface area (Å²) in [4.78, 5) is 4.49. The van der Waals surface area contributed by atoms with Gasteiger partial charge in [0.05, 0.1) is 5.75 Å². The van der Waals surface area contributed by atoms with Crippen LogP contribution in [0.15, 0.2) is 4.52 Å². The van der Waals surface area contributed by atoms with E-state index in [1.165, 1.54) is 25.7 Å². The third-order valence-electron chi connectivity index (χ3n) is 3.98. The summed E-state index contributed by atoms with van der Waals surface area (Å²) >= 11 is 1.84. The Labute approximate surface area is 112 Å². The van der Waals surface area contributed by atoms with Crippen LogP contribution in [0, 0.1) is 5.92 Å². The maximum Gasteiger partial charge on any atom is 0.226 e. The normalized spacial score (nSPS) is 30.8. The highest BCUT2D eigenvalue weighted by Crippen LogP contribution is 2.32. The summed E-state index contributed by atoms with van der Waals surface area (Å²) in [5, 5.41) is 7.72. The van der Waals surface area contributed by atoms with Crippen LogP contribution in [0.3, 0.4) is 0 Å². The molecule has 0 aliphatic carbocycles. The van der Waals surface area contributed by atoms with Gasteiger partial charge in [0.2, 0.25) is 5.89 Å². The molecule has 1 aromatic rings. The fourth-order valence-corrected chi connectivity index (χ4v) is 3.72. The summed E-state index contributed by atoms with van der Waals surface area (Å²) in [6.07, 6.45) is 6.22. The van der Waals surface area contributed by atoms with Gasteiger partial charge in [-0.15, -0.1) is 0 Å². The quantitative estimate of drug-likeness (QED) is 0.887. The zero-order chi connectivity index (χ0) is 12.4. The Morgan fingerprint density at radius 1 is 1.33 bits per heavy atom. The molecule has 3 heterocycles. The highest BCUT2D eigenvalue weighted by molar-refractivity contribution is 7.98. The van der Waals surface area contributed by atoms with E-state index >= 15 is 0 Å². The molecule has 1 N–H and O–H groups in total. The van der Waals surface area contributed by atoms with Gasteiger partial charge in [0.25, 0.3) is 0 Å². The zero-order valence-corrected chi connectivity index (χ0v) is 11.7. The molecular formula is C13H21N3OS. The first-order chi connectivity index (χ1) is 8.83. The number of nitrogens with one attached hydrogen (secondary N) is 1. The number of rotatable bonds is 5. The van der Waals surface area contributed by atoms with E-state index in [9.17, 15) is 0 Å². The molecule has 100 valence electrons. The molecule has 1 aromatic heterocycles. The van der Waals surface area contributed by atoms with Crippen molar-refractivity contribution in [2.45, 2.75) is 56.9 Å². The third-order valence-corrected chi connectivity index (χ3v) is 4.85. The minimum atomic E-state index is 0.732. The van der Waals surface area contributed by atoms with Gasteiger partial charge in [-0.3, -0.25) is 0 Å². The van der Waals surface area contributed by atoms with E-state index in [1.54, 1.807) is 0 Å². The highest BCUT2D eigenvalue weighted by atomic mass is 32.2. The first-order valence-electron chi connectivity index (χ1n) is 6.98. The van der Waals surface area contributed by atoms with E-state index < -0.39 is 0 Å². The van der Waals surface area contributed by atoms with Crippen molar-refractivity contribution in [3.05, 3.63) is 11.7 Å². The molecule has 2 aliphatic heterocycles. The molecule has 4 nitrogen and oxygen atoms in total. The Balaban J connectivity index is 1.54. The van der Waals surface area contributed by atoms with Crippen molar-refractivity contribution >= 4 is 11.8 Å². The maximum absolute atomic E-state index is 5.36. The molecule has 0 saturated carbocycles. The standard InChI is InChI=1S/C13H21N3OS/c1-2-18-8-12-15-13(17-16-12)7-9-5-10-3-4-11(6-9)14-10/h9-11,14H,2-8H2,1H3. The van der Waals surface area contributed by atoms with E-state index in [0.717, 1.165) is 47.6 Å². The molecule has 0 amide bonds. The van der Waals surface area contributed by atoms with E-state index in [4.69, 9.17) is 4.52 Å². The van der Waals surface area contributed by atoms with Crippen molar-refractivity contribution in [1.29, 1.82) is 0 Å². The minimum Gasteiger partial charge on any atom is -0.339 e. The number of aromatic nitrogens is 2. The lowest BCUT2D eigenvalue weighted by atomic mass is 9.90. The van der Waals surface area contributed by atoms with Gasteiger partial charge in [0, 0.05) is 18.5 Å². The van der Waals surface area contributed by atoms with E-state index in [-0.39, 0.29) is 0 Å². The second-order valence-electron chi connectivity index (χ2n) is 5.42. The van der Waals surface area contributed by atoms with Gasteiger partial charge in [-0.25, -0.2) is 0 Å². The lowest BCUT2D eigenvalue weighted by molar-refractivity contribution is 0.270. The largest absolute Gasteiger partial charge is 0.339 e.